The van der Waals surface area contributed by atoms with Crippen LogP contribution in [0.3, 0.4) is 0 Å². The molecule has 0 aliphatic heterocycles. The van der Waals surface area contributed by atoms with Gasteiger partial charge in [-0.05, 0) is 22.0 Å². The molecule has 1 rings (SSSR count). The average molecular weight is 344 g/mol. The zero-order valence-corrected chi connectivity index (χ0v) is 11.8. The average Bonchev–Trinajstić information content (AvgIpc) is 2.22. The van der Waals surface area contributed by atoms with Gasteiger partial charge in [-0.2, -0.15) is 0 Å². The minimum atomic E-state index is -3.80. The van der Waals surface area contributed by atoms with Crippen LogP contribution in [0.5, 0.6) is 0 Å². The molecule has 0 spiro atoms. The lowest BCUT2D eigenvalue weighted by atomic mass is 10.4. The monoisotopic (exact) mass is 342 g/mol. The van der Waals surface area contributed by atoms with Crippen LogP contribution in [0.25, 0.3) is 0 Å². The van der Waals surface area contributed by atoms with Gasteiger partial charge in [0.05, 0.1) is 23.5 Å². The predicted molar refractivity (Wildman–Crippen MR) is 66.4 cm³/mol. The Morgan fingerprint density at radius 3 is 2.82 bits per heavy atom. The van der Waals surface area contributed by atoms with E-state index >= 15 is 0 Å². The Morgan fingerprint density at radius 1 is 1.65 bits per heavy atom. The topological polar surface area (TPSA) is 85.4 Å². The van der Waals surface area contributed by atoms with E-state index in [4.69, 9.17) is 11.6 Å². The molecule has 0 saturated carbocycles. The first-order valence-electron chi connectivity index (χ1n) is 4.22. The normalized spacial score (nSPS) is 11.0. The Labute approximate surface area is 112 Å². The lowest BCUT2D eigenvalue weighted by Crippen LogP contribution is -2.23. The number of nitrogens with zero attached hydrogens (tertiary/aromatic N) is 1. The second kappa shape index (κ2) is 5.65. The third kappa shape index (κ3) is 4.49. The highest BCUT2D eigenvalue weighted by Gasteiger charge is 2.17. The maximum absolute atomic E-state index is 11.5. The van der Waals surface area contributed by atoms with Crippen molar-refractivity contribution in [2.45, 2.75) is 0 Å². The van der Waals surface area contributed by atoms with Crippen LogP contribution >= 0.6 is 27.5 Å². The number of anilines is 1. The second-order valence-corrected chi connectivity index (χ2v) is 5.87. The van der Waals surface area contributed by atoms with Gasteiger partial charge in [-0.3, -0.25) is 9.52 Å². The number of aromatic nitrogens is 1. The fraction of sp³-hybridized carbons (Fsp3) is 0.250. The van der Waals surface area contributed by atoms with Gasteiger partial charge >= 0.3 is 5.97 Å². The standard InChI is InChI=1S/C8H8BrClN2O4S/c1-16-7(13)4-17(14,15)12-5-2-6(9)8(10)11-3-5/h2-3,12H,4H2,1H3. The highest BCUT2D eigenvalue weighted by atomic mass is 79.9. The molecule has 1 aromatic heterocycles. The quantitative estimate of drug-likeness (QED) is 0.660. The van der Waals surface area contributed by atoms with Gasteiger partial charge in [-0.25, -0.2) is 13.4 Å². The Balaban J connectivity index is 2.83. The van der Waals surface area contributed by atoms with Gasteiger partial charge in [0.15, 0.2) is 5.75 Å². The molecule has 0 bridgehead atoms. The molecule has 17 heavy (non-hydrogen) atoms. The molecule has 0 aliphatic carbocycles. The number of sulfonamides is 1. The number of rotatable bonds is 4. The third-order valence-electron chi connectivity index (χ3n) is 1.61. The van der Waals surface area contributed by atoms with Crippen molar-refractivity contribution < 1.29 is 17.9 Å². The summed E-state index contributed by atoms with van der Waals surface area (Å²) in [7, 11) is -2.69. The second-order valence-electron chi connectivity index (χ2n) is 2.93. The molecule has 9 heteroatoms. The smallest absolute Gasteiger partial charge is 0.322 e. The number of pyridine rings is 1. The molecule has 0 aromatic carbocycles. The number of hydrogen-bond acceptors (Lipinski definition) is 5. The lowest BCUT2D eigenvalue weighted by Gasteiger charge is -2.07. The molecule has 94 valence electrons. The molecular formula is C8H8BrClN2O4S. The van der Waals surface area contributed by atoms with Crippen molar-refractivity contribution >= 4 is 49.2 Å². The molecule has 1 N–H and O–H groups in total. The number of halogens is 2. The van der Waals surface area contributed by atoms with Crippen molar-refractivity contribution in [1.29, 1.82) is 0 Å². The summed E-state index contributed by atoms with van der Waals surface area (Å²) in [5.41, 5.74) is 0.199. The fourth-order valence-corrected chi connectivity index (χ4v) is 2.33. The number of hydrogen-bond donors (Lipinski definition) is 1. The Kier molecular flexibility index (Phi) is 4.72. The Bertz CT molecular complexity index is 534. The first kappa shape index (κ1) is 14.2. The Hall–Kier alpha value is -0.860. The van der Waals surface area contributed by atoms with Crippen LogP contribution in [0.1, 0.15) is 0 Å². The summed E-state index contributed by atoms with van der Waals surface area (Å²) < 4.78 is 29.8. The SMILES string of the molecule is COC(=O)CS(=O)(=O)Nc1cnc(Cl)c(Br)c1. The summed E-state index contributed by atoms with van der Waals surface area (Å²) in [5.74, 6) is -1.61. The first-order valence-corrected chi connectivity index (χ1v) is 7.05. The van der Waals surface area contributed by atoms with Gasteiger partial charge in [0, 0.05) is 0 Å². The molecule has 1 aromatic rings. The van der Waals surface area contributed by atoms with Gasteiger partial charge in [-0.15, -0.1) is 0 Å². The number of nitrogens with one attached hydrogen (secondary N) is 1. The van der Waals surface area contributed by atoms with Crippen LogP contribution in [0.15, 0.2) is 16.7 Å². The van der Waals surface area contributed by atoms with Gasteiger partial charge in [0.25, 0.3) is 0 Å². The van der Waals surface area contributed by atoms with E-state index in [0.717, 1.165) is 7.11 Å². The number of esters is 1. The minimum Gasteiger partial charge on any atom is -0.468 e. The summed E-state index contributed by atoms with van der Waals surface area (Å²) in [6, 6.07) is 1.43. The van der Waals surface area contributed by atoms with E-state index in [2.05, 4.69) is 30.4 Å². The van der Waals surface area contributed by atoms with Gasteiger partial charge in [0.1, 0.15) is 5.15 Å². The largest absolute Gasteiger partial charge is 0.468 e. The summed E-state index contributed by atoms with van der Waals surface area (Å²) in [5, 5.41) is 0.209. The molecular weight excluding hydrogens is 336 g/mol. The number of ether oxygens (including phenoxy) is 1. The maximum Gasteiger partial charge on any atom is 0.322 e. The van der Waals surface area contributed by atoms with Crippen LogP contribution < -0.4 is 4.72 Å². The van der Waals surface area contributed by atoms with Crippen LogP contribution in [0.4, 0.5) is 5.69 Å². The molecule has 0 radical (unpaired) electrons. The Morgan fingerprint density at radius 2 is 2.29 bits per heavy atom. The minimum absolute atomic E-state index is 0.199. The van der Waals surface area contributed by atoms with Crippen molar-refractivity contribution in [3.63, 3.8) is 0 Å². The van der Waals surface area contributed by atoms with E-state index < -0.39 is 21.7 Å². The van der Waals surface area contributed by atoms with Gasteiger partial charge in [-0.1, -0.05) is 11.6 Å². The molecule has 1 heterocycles. The fourth-order valence-electron chi connectivity index (χ4n) is 0.907. The molecule has 0 fully saturated rings. The van der Waals surface area contributed by atoms with E-state index in [1.54, 1.807) is 0 Å². The van der Waals surface area contributed by atoms with E-state index in [0.29, 0.717) is 4.47 Å². The molecule has 0 unspecified atom stereocenters. The highest BCUT2D eigenvalue weighted by molar-refractivity contribution is 9.10. The summed E-state index contributed by atoms with van der Waals surface area (Å²) in [6.45, 7) is 0. The number of carbonyl (C=O) groups is 1. The third-order valence-corrected chi connectivity index (χ3v) is 3.90. The summed E-state index contributed by atoms with van der Waals surface area (Å²) >= 11 is 8.75. The van der Waals surface area contributed by atoms with E-state index in [1.807, 2.05) is 0 Å². The van der Waals surface area contributed by atoms with E-state index in [9.17, 15) is 13.2 Å². The number of methoxy groups -OCH3 is 1. The van der Waals surface area contributed by atoms with Crippen molar-refractivity contribution in [2.24, 2.45) is 0 Å². The zero-order chi connectivity index (χ0) is 13.1. The van der Waals surface area contributed by atoms with E-state index in [-0.39, 0.29) is 10.8 Å². The molecule has 0 atom stereocenters. The molecule has 0 amide bonds. The molecule has 6 nitrogen and oxygen atoms in total. The van der Waals surface area contributed by atoms with Crippen molar-refractivity contribution in [2.75, 3.05) is 17.6 Å². The molecule has 0 aliphatic rings. The maximum atomic E-state index is 11.5. The number of carbonyl (C=O) groups excluding carboxylic acids is 1. The van der Waals surface area contributed by atoms with Crippen molar-refractivity contribution in [3.8, 4) is 0 Å². The van der Waals surface area contributed by atoms with Crippen molar-refractivity contribution in [1.82, 2.24) is 4.98 Å². The lowest BCUT2D eigenvalue weighted by molar-refractivity contribution is -0.137. The van der Waals surface area contributed by atoms with E-state index in [1.165, 1.54) is 12.3 Å². The summed E-state index contributed by atoms with van der Waals surface area (Å²) in [6.07, 6.45) is 1.24. The summed E-state index contributed by atoms with van der Waals surface area (Å²) in [4.78, 5) is 14.6. The van der Waals surface area contributed by atoms with Crippen LogP contribution in [-0.2, 0) is 19.6 Å². The highest BCUT2D eigenvalue weighted by Crippen LogP contribution is 2.23. The van der Waals surface area contributed by atoms with Crippen LogP contribution in [-0.4, -0.2) is 32.2 Å². The zero-order valence-electron chi connectivity index (χ0n) is 8.61. The van der Waals surface area contributed by atoms with Crippen molar-refractivity contribution in [3.05, 3.63) is 21.9 Å². The van der Waals surface area contributed by atoms with Crippen LogP contribution in [0.2, 0.25) is 5.15 Å². The van der Waals surface area contributed by atoms with Crippen LogP contribution in [0, 0.1) is 0 Å². The molecule has 0 saturated heterocycles. The first-order chi connectivity index (χ1) is 7.84. The van der Waals surface area contributed by atoms with Gasteiger partial charge < -0.3 is 4.74 Å². The predicted octanol–water partition coefficient (Wildman–Crippen LogP) is 1.41. The van der Waals surface area contributed by atoms with Gasteiger partial charge in [0.2, 0.25) is 10.0 Å².